The van der Waals surface area contributed by atoms with E-state index in [4.69, 9.17) is 18.9 Å². The predicted molar refractivity (Wildman–Crippen MR) is 274 cm³/mol. The molecule has 6 aromatic rings. The van der Waals surface area contributed by atoms with Gasteiger partial charge in [0.05, 0.1) is 38.2 Å². The number of ether oxygens (including phenoxy) is 4. The van der Waals surface area contributed by atoms with Crippen LogP contribution in [0.4, 0.5) is 0 Å². The van der Waals surface area contributed by atoms with Crippen molar-refractivity contribution < 1.29 is 48.3 Å². The van der Waals surface area contributed by atoms with Crippen molar-refractivity contribution in [1.82, 2.24) is 20.9 Å². The highest BCUT2D eigenvalue weighted by atomic mass is 32.2. The molecule has 2 atom stereocenters. The normalized spacial score (nSPS) is 16.9. The Morgan fingerprint density at radius 2 is 0.914 bits per heavy atom. The molecule has 2 aliphatic heterocycles. The van der Waals surface area contributed by atoms with Gasteiger partial charge in [-0.05, 0) is 94.1 Å². The number of amides is 4. The van der Waals surface area contributed by atoms with Gasteiger partial charge >= 0.3 is 0 Å². The van der Waals surface area contributed by atoms with Crippen LogP contribution in [0.1, 0.15) is 84.4 Å². The summed E-state index contributed by atoms with van der Waals surface area (Å²) in [5.74, 6) is 0.665. The number of hydrogen-bond acceptors (Lipinski definition) is 12. The number of unbranched alkanes of at least 4 members (excludes halogenated alkanes) is 5. The second kappa shape index (κ2) is 22.4. The number of benzene rings is 6. The van der Waals surface area contributed by atoms with Crippen LogP contribution in [0.25, 0.3) is 33.7 Å². The number of rotatable bonds is 19. The first kappa shape index (κ1) is 49.1. The number of aromatic hydroxyl groups is 2. The number of thioether (sulfide) groups is 2. The van der Waals surface area contributed by atoms with Crippen molar-refractivity contribution in [3.63, 3.8) is 0 Å². The maximum absolute atomic E-state index is 14.1. The average Bonchev–Trinajstić information content (AvgIpc) is 3.83. The zero-order valence-electron chi connectivity index (χ0n) is 39.2. The summed E-state index contributed by atoms with van der Waals surface area (Å²) in [5, 5.41) is 26.8. The minimum atomic E-state index is -0.743. The Labute approximate surface area is 414 Å². The van der Waals surface area contributed by atoms with Gasteiger partial charge in [0.15, 0.2) is 23.0 Å². The van der Waals surface area contributed by atoms with Gasteiger partial charge in [-0.15, -0.1) is 0 Å². The van der Waals surface area contributed by atoms with Gasteiger partial charge in [-0.2, -0.15) is 0 Å². The molecule has 2 unspecified atom stereocenters. The topological polar surface area (TPSA) is 176 Å². The molecular formula is C54H54N4O10S2. The zero-order valence-corrected chi connectivity index (χ0v) is 40.9. The van der Waals surface area contributed by atoms with E-state index in [-0.39, 0.29) is 36.2 Å². The van der Waals surface area contributed by atoms with Crippen LogP contribution in [0.15, 0.2) is 119 Å². The van der Waals surface area contributed by atoms with Crippen molar-refractivity contribution >= 4 is 80.8 Å². The Morgan fingerprint density at radius 3 is 1.31 bits per heavy atom. The van der Waals surface area contributed by atoms with Crippen LogP contribution >= 0.6 is 23.5 Å². The highest BCUT2D eigenvalue weighted by Crippen LogP contribution is 2.51. The third-order valence-corrected chi connectivity index (χ3v) is 14.6. The fourth-order valence-electron chi connectivity index (χ4n) is 8.62. The van der Waals surface area contributed by atoms with Crippen LogP contribution in [0, 0.1) is 0 Å². The fourth-order valence-corrected chi connectivity index (χ4v) is 11.1. The average molecular weight is 983 g/mol. The van der Waals surface area contributed by atoms with Gasteiger partial charge in [0.2, 0.25) is 11.8 Å². The van der Waals surface area contributed by atoms with Gasteiger partial charge < -0.3 is 29.2 Å². The first-order valence-corrected chi connectivity index (χ1v) is 24.7. The number of methoxy groups -OCH3 is 4. The summed E-state index contributed by atoms with van der Waals surface area (Å²) in [4.78, 5) is 55.9. The number of carbonyl (C=O) groups excluding carboxylic acids is 4. The van der Waals surface area contributed by atoms with Crippen molar-refractivity contribution in [3.8, 4) is 34.5 Å². The predicted octanol–water partition coefficient (Wildman–Crippen LogP) is 10.6. The molecular weight excluding hydrogens is 929 g/mol. The van der Waals surface area contributed by atoms with Crippen molar-refractivity contribution in [2.75, 3.05) is 28.4 Å². The number of phenols is 2. The summed E-state index contributed by atoms with van der Waals surface area (Å²) in [6.07, 6.45) is 8.14. The van der Waals surface area contributed by atoms with Gasteiger partial charge in [-0.3, -0.25) is 30.0 Å². The molecule has 0 saturated carbocycles. The Balaban J connectivity index is 0.860. The number of fused-ring (bicyclic) bond motifs is 2. The van der Waals surface area contributed by atoms with Gasteiger partial charge in [0.1, 0.15) is 22.2 Å². The SMILES string of the molecule is COc1ccc(/C=C2/SC(c3c(O)ccc4ccccc34)N(NC(=O)CCCCCCCCC(=O)NN3C(=O)/C(=C\c4ccc(OC)c(OC)c4)SC3c3c(O)ccc4ccccc34)C2=O)cc1OC. The van der Waals surface area contributed by atoms with Gasteiger partial charge in [0.25, 0.3) is 11.8 Å². The van der Waals surface area contributed by atoms with Crippen molar-refractivity contribution in [3.05, 3.63) is 141 Å². The van der Waals surface area contributed by atoms with E-state index in [0.717, 1.165) is 47.2 Å². The maximum atomic E-state index is 14.1. The summed E-state index contributed by atoms with van der Waals surface area (Å²) >= 11 is 2.49. The quantitative estimate of drug-likeness (QED) is 0.0447. The maximum Gasteiger partial charge on any atom is 0.280 e. The molecule has 16 heteroatoms. The molecule has 2 heterocycles. The lowest BCUT2D eigenvalue weighted by atomic mass is 10.0. The molecule has 0 aromatic heterocycles. The number of carbonyl (C=O) groups is 4. The molecule has 0 bridgehead atoms. The molecule has 0 aliphatic carbocycles. The lowest BCUT2D eigenvalue weighted by Gasteiger charge is -2.25. The Kier molecular flexibility index (Phi) is 15.7. The minimum absolute atomic E-state index is 0.00996. The molecule has 2 aliphatic rings. The van der Waals surface area contributed by atoms with E-state index in [9.17, 15) is 29.4 Å². The van der Waals surface area contributed by atoms with Crippen LogP contribution in [-0.2, 0) is 19.2 Å². The minimum Gasteiger partial charge on any atom is -0.508 e. The fraction of sp³-hybridized carbons (Fsp3) is 0.259. The van der Waals surface area contributed by atoms with Crippen LogP contribution in [0.3, 0.4) is 0 Å². The largest absolute Gasteiger partial charge is 0.508 e. The van der Waals surface area contributed by atoms with Crippen LogP contribution in [0.2, 0.25) is 0 Å². The van der Waals surface area contributed by atoms with E-state index >= 15 is 0 Å². The molecule has 2 fully saturated rings. The lowest BCUT2D eigenvalue weighted by Crippen LogP contribution is -2.44. The van der Waals surface area contributed by atoms with Gasteiger partial charge in [-0.25, -0.2) is 10.0 Å². The summed E-state index contributed by atoms with van der Waals surface area (Å²) in [6, 6.07) is 32.7. The van der Waals surface area contributed by atoms with E-state index in [2.05, 4.69) is 10.9 Å². The number of hydrazine groups is 2. The Bertz CT molecular complexity index is 2810. The van der Waals surface area contributed by atoms with Crippen LogP contribution in [0.5, 0.6) is 34.5 Å². The van der Waals surface area contributed by atoms with E-state index in [1.807, 2.05) is 72.8 Å². The molecule has 70 heavy (non-hydrogen) atoms. The van der Waals surface area contributed by atoms with Crippen molar-refractivity contribution in [2.45, 2.75) is 62.1 Å². The molecule has 2 saturated heterocycles. The van der Waals surface area contributed by atoms with Gasteiger partial charge in [-0.1, -0.05) is 122 Å². The van der Waals surface area contributed by atoms with E-state index < -0.39 is 22.6 Å². The van der Waals surface area contributed by atoms with Gasteiger partial charge in [0, 0.05) is 24.0 Å². The lowest BCUT2D eigenvalue weighted by molar-refractivity contribution is -0.138. The summed E-state index contributed by atoms with van der Waals surface area (Å²) in [6.45, 7) is 0. The van der Waals surface area contributed by atoms with Crippen molar-refractivity contribution in [1.29, 1.82) is 0 Å². The number of nitrogens with zero attached hydrogens (tertiary/aromatic N) is 2. The molecule has 6 aromatic carbocycles. The molecule has 0 radical (unpaired) electrons. The highest BCUT2D eigenvalue weighted by Gasteiger charge is 2.42. The second-order valence-corrected chi connectivity index (χ2v) is 18.9. The third kappa shape index (κ3) is 10.8. The molecule has 14 nitrogen and oxygen atoms in total. The third-order valence-electron chi connectivity index (χ3n) is 12.2. The van der Waals surface area contributed by atoms with E-state index in [1.54, 1.807) is 62.8 Å². The van der Waals surface area contributed by atoms with Crippen LogP contribution in [-0.4, -0.2) is 72.3 Å². The monoisotopic (exact) mass is 982 g/mol. The number of phenolic OH excluding ortho intramolecular Hbond substituents is 2. The summed E-state index contributed by atoms with van der Waals surface area (Å²) in [7, 11) is 6.17. The van der Waals surface area contributed by atoms with Crippen molar-refractivity contribution in [2.24, 2.45) is 0 Å². The van der Waals surface area contributed by atoms with E-state index in [1.165, 1.54) is 47.8 Å². The second-order valence-electron chi connectivity index (χ2n) is 16.7. The highest BCUT2D eigenvalue weighted by molar-refractivity contribution is 8.05. The molecule has 4 N–H and O–H groups in total. The summed E-state index contributed by atoms with van der Waals surface area (Å²) < 4.78 is 21.7. The standard InChI is InChI=1S/C54H54N4O10S2/c1-65-41-27-21-33(29-43(41)67-3)31-45-51(63)57(53(69-45)49-37-17-13-11-15-35(37)23-25-39(49)59)55-47(61)19-9-7-5-6-8-10-20-48(62)56-58-52(64)46(32-34-22-28-42(66-2)44(30-34)68-4)70-54(58)50-38-18-14-12-16-36(38)24-26-40(50)60/h11-18,21-32,53-54,59-60H,5-10,19-20H2,1-4H3,(H,55,61)(H,56,62)/b45-31+,46-32+. The summed E-state index contributed by atoms with van der Waals surface area (Å²) in [5.41, 5.74) is 8.15. The molecule has 362 valence electrons. The van der Waals surface area contributed by atoms with E-state index in [0.29, 0.717) is 67.9 Å². The molecule has 4 amide bonds. The molecule has 0 spiro atoms. The molecule has 8 rings (SSSR count). The Hall–Kier alpha value is -7.30. The smallest absolute Gasteiger partial charge is 0.280 e. The first-order chi connectivity index (χ1) is 34.0. The van der Waals surface area contributed by atoms with Crippen LogP contribution < -0.4 is 29.8 Å². The Morgan fingerprint density at radius 1 is 0.529 bits per heavy atom. The first-order valence-electron chi connectivity index (χ1n) is 22.9. The number of nitrogens with one attached hydrogen (secondary N) is 2. The zero-order chi connectivity index (χ0) is 49.3. The number of hydrogen-bond donors (Lipinski definition) is 4.